The molecule has 0 saturated carbocycles. The van der Waals surface area contributed by atoms with Crippen LogP contribution in [-0.4, -0.2) is 23.0 Å². The van der Waals surface area contributed by atoms with Crippen molar-refractivity contribution >= 4 is 5.71 Å². The van der Waals surface area contributed by atoms with Gasteiger partial charge in [0.2, 0.25) is 0 Å². The molecular formula is C10H21HoNO. The van der Waals surface area contributed by atoms with Crippen molar-refractivity contribution in [1.29, 1.82) is 0 Å². The van der Waals surface area contributed by atoms with E-state index in [-0.39, 0.29) is 43.7 Å². The quantitative estimate of drug-likeness (QED) is 0.620. The minimum Gasteiger partial charge on any atom is -0.384 e. The standard InChI is InChI=1S/C10H21NO.Ho/c1-6-10(12,8(3)4)9(5)11-7-2;/h8,12H,6-7H2,1-5H3;. The molecule has 0 saturated heterocycles. The number of hydrogen-bond donors (Lipinski definition) is 1. The molecule has 3 heteroatoms. The van der Waals surface area contributed by atoms with Crippen molar-refractivity contribution < 1.29 is 42.8 Å². The van der Waals surface area contributed by atoms with Gasteiger partial charge in [-0.2, -0.15) is 0 Å². The van der Waals surface area contributed by atoms with Crippen LogP contribution >= 0.6 is 0 Å². The van der Waals surface area contributed by atoms with E-state index in [0.29, 0.717) is 0 Å². The molecule has 1 atom stereocenters. The predicted molar refractivity (Wildman–Crippen MR) is 53.7 cm³/mol. The van der Waals surface area contributed by atoms with Crippen LogP contribution in [0.15, 0.2) is 4.99 Å². The summed E-state index contributed by atoms with van der Waals surface area (Å²) in [6.45, 7) is 10.7. The second kappa shape index (κ2) is 7.22. The first-order valence-corrected chi connectivity index (χ1v) is 4.72. The van der Waals surface area contributed by atoms with Crippen LogP contribution in [0.4, 0.5) is 0 Å². The third kappa shape index (κ3) is 4.28. The molecule has 83 valence electrons. The van der Waals surface area contributed by atoms with Crippen molar-refractivity contribution in [3.63, 3.8) is 0 Å². The van der Waals surface area contributed by atoms with Crippen molar-refractivity contribution in [2.45, 2.75) is 46.6 Å². The molecule has 13 heavy (non-hydrogen) atoms. The SMILES string of the molecule is CCN=C(C)C(O)(CC)C(C)C.[Ho]. The number of rotatable bonds is 4. The molecule has 0 heterocycles. The summed E-state index contributed by atoms with van der Waals surface area (Å²) >= 11 is 0. The summed E-state index contributed by atoms with van der Waals surface area (Å²) in [4.78, 5) is 4.26. The minimum absolute atomic E-state index is 0. The van der Waals surface area contributed by atoms with Gasteiger partial charge in [-0.1, -0.05) is 20.8 Å². The molecule has 0 aliphatic heterocycles. The summed E-state index contributed by atoms with van der Waals surface area (Å²) in [7, 11) is 0. The molecule has 0 aromatic heterocycles. The van der Waals surface area contributed by atoms with Crippen molar-refractivity contribution in [3.05, 3.63) is 0 Å². The molecule has 1 radical (unpaired) electrons. The van der Waals surface area contributed by atoms with Gasteiger partial charge in [-0.05, 0) is 26.2 Å². The first kappa shape index (κ1) is 16.3. The average Bonchev–Trinajstić information content (AvgIpc) is 2.03. The minimum atomic E-state index is -0.698. The molecule has 1 N–H and O–H groups in total. The molecule has 2 nitrogen and oxygen atoms in total. The van der Waals surface area contributed by atoms with Crippen molar-refractivity contribution in [1.82, 2.24) is 0 Å². The maximum atomic E-state index is 10.2. The summed E-state index contributed by atoms with van der Waals surface area (Å²) in [5.74, 6) is 0.234. The van der Waals surface area contributed by atoms with Crippen molar-refractivity contribution in [2.24, 2.45) is 10.9 Å². The topological polar surface area (TPSA) is 32.6 Å². The van der Waals surface area contributed by atoms with Gasteiger partial charge >= 0.3 is 0 Å². The zero-order valence-electron chi connectivity index (χ0n) is 9.19. The molecule has 0 aromatic rings. The van der Waals surface area contributed by atoms with E-state index in [1.54, 1.807) is 0 Å². The molecule has 0 spiro atoms. The molecule has 0 rings (SSSR count). The summed E-state index contributed by atoms with van der Waals surface area (Å²) < 4.78 is 0. The normalized spacial score (nSPS) is 16.7. The Bertz CT molecular complexity index is 168. The van der Waals surface area contributed by atoms with Crippen LogP contribution in [-0.2, 0) is 0 Å². The number of nitrogens with zero attached hydrogens (tertiary/aromatic N) is 1. The molecule has 0 fully saturated rings. The van der Waals surface area contributed by atoms with E-state index < -0.39 is 5.60 Å². The van der Waals surface area contributed by atoms with Gasteiger partial charge in [0.05, 0.1) is 0 Å². The third-order valence-corrected chi connectivity index (χ3v) is 2.52. The predicted octanol–water partition coefficient (Wildman–Crippen LogP) is 2.26. The van der Waals surface area contributed by atoms with E-state index in [0.717, 1.165) is 18.7 Å². The fraction of sp³-hybridized carbons (Fsp3) is 0.900. The Hall–Kier alpha value is 0.890. The maximum absolute atomic E-state index is 10.2. The summed E-state index contributed by atoms with van der Waals surface area (Å²) in [6.07, 6.45) is 0.736. The summed E-state index contributed by atoms with van der Waals surface area (Å²) in [6, 6.07) is 0. The summed E-state index contributed by atoms with van der Waals surface area (Å²) in [5, 5.41) is 10.2. The van der Waals surface area contributed by atoms with Gasteiger partial charge in [0.15, 0.2) is 0 Å². The molecule has 0 aromatic carbocycles. The monoisotopic (exact) mass is 336 g/mol. The molecular weight excluding hydrogens is 315 g/mol. The van der Waals surface area contributed by atoms with E-state index in [4.69, 9.17) is 0 Å². The second-order valence-corrected chi connectivity index (χ2v) is 3.49. The molecule has 0 aliphatic carbocycles. The van der Waals surface area contributed by atoms with Crippen LogP contribution in [0, 0.1) is 43.7 Å². The van der Waals surface area contributed by atoms with Gasteiger partial charge in [0.25, 0.3) is 0 Å². The fourth-order valence-electron chi connectivity index (χ4n) is 1.46. The Morgan fingerprint density at radius 2 is 1.85 bits per heavy atom. The smallest absolute Gasteiger partial charge is 0.104 e. The second-order valence-electron chi connectivity index (χ2n) is 3.49. The van der Waals surface area contributed by atoms with Gasteiger partial charge in [-0.25, -0.2) is 0 Å². The van der Waals surface area contributed by atoms with Crippen LogP contribution in [0.5, 0.6) is 0 Å². The van der Waals surface area contributed by atoms with Gasteiger partial charge in [-0.15, -0.1) is 0 Å². The van der Waals surface area contributed by atoms with Crippen molar-refractivity contribution in [2.75, 3.05) is 6.54 Å². The maximum Gasteiger partial charge on any atom is 0.104 e. The zero-order chi connectivity index (χ0) is 9.78. The first-order valence-electron chi connectivity index (χ1n) is 4.72. The van der Waals surface area contributed by atoms with Crippen LogP contribution in [0.1, 0.15) is 41.0 Å². The van der Waals surface area contributed by atoms with E-state index in [2.05, 4.69) is 4.99 Å². The van der Waals surface area contributed by atoms with Crippen LogP contribution in [0.2, 0.25) is 0 Å². The van der Waals surface area contributed by atoms with Gasteiger partial charge in [-0.3, -0.25) is 4.99 Å². The number of aliphatic hydroxyl groups is 1. The van der Waals surface area contributed by atoms with Gasteiger partial charge in [0, 0.05) is 50.0 Å². The Morgan fingerprint density at radius 1 is 1.38 bits per heavy atom. The Balaban J connectivity index is 0. The van der Waals surface area contributed by atoms with Crippen LogP contribution in [0.25, 0.3) is 0 Å². The van der Waals surface area contributed by atoms with Crippen LogP contribution < -0.4 is 0 Å². The molecule has 0 aliphatic rings. The Morgan fingerprint density at radius 3 is 2.08 bits per heavy atom. The first-order chi connectivity index (χ1) is 5.49. The number of aliphatic imine (C=N–C) groups is 1. The van der Waals surface area contributed by atoms with Gasteiger partial charge in [0.1, 0.15) is 5.60 Å². The fourth-order valence-corrected chi connectivity index (χ4v) is 1.46. The third-order valence-electron chi connectivity index (χ3n) is 2.52. The largest absolute Gasteiger partial charge is 0.384 e. The van der Waals surface area contributed by atoms with Crippen molar-refractivity contribution in [3.8, 4) is 0 Å². The summed E-state index contributed by atoms with van der Waals surface area (Å²) in [5.41, 5.74) is 0.165. The van der Waals surface area contributed by atoms with E-state index in [9.17, 15) is 5.11 Å². The molecule has 0 amide bonds. The number of hydrogen-bond acceptors (Lipinski definition) is 2. The zero-order valence-corrected chi connectivity index (χ0v) is 11.1. The molecule has 0 bridgehead atoms. The van der Waals surface area contributed by atoms with E-state index >= 15 is 0 Å². The van der Waals surface area contributed by atoms with E-state index in [1.807, 2.05) is 34.6 Å². The average molecular weight is 336 g/mol. The van der Waals surface area contributed by atoms with E-state index in [1.165, 1.54) is 0 Å². The van der Waals surface area contributed by atoms with Gasteiger partial charge < -0.3 is 5.11 Å². The Labute approximate surface area is 112 Å². The molecule has 1 unspecified atom stereocenters. The Kier molecular flexibility index (Phi) is 9.06. The van der Waals surface area contributed by atoms with Crippen LogP contribution in [0.3, 0.4) is 0 Å².